The van der Waals surface area contributed by atoms with Crippen molar-refractivity contribution in [3.8, 4) is 0 Å². The standard InChI is InChI=1S/C12H15BrO/c1-9(2)8-12(3,14)10-6-4-5-7-11(10)13/h4-8,14H,1-3H3. The average Bonchev–Trinajstić information content (AvgIpc) is 2.02. The molecular formula is C12H15BrO. The third kappa shape index (κ3) is 2.69. The Kier molecular flexibility index (Phi) is 3.51. The Hall–Kier alpha value is -0.600. The van der Waals surface area contributed by atoms with Crippen molar-refractivity contribution < 1.29 is 5.11 Å². The number of aliphatic hydroxyl groups is 1. The quantitative estimate of drug-likeness (QED) is 0.800. The normalized spacial score (nSPS) is 14.6. The fraction of sp³-hybridized carbons (Fsp3) is 0.333. The zero-order chi connectivity index (χ0) is 10.8. The molecule has 2 heteroatoms. The van der Waals surface area contributed by atoms with E-state index in [0.717, 1.165) is 15.6 Å². The third-order valence-corrected chi connectivity index (χ3v) is 2.68. The van der Waals surface area contributed by atoms with E-state index in [2.05, 4.69) is 15.9 Å². The van der Waals surface area contributed by atoms with Crippen LogP contribution in [0.25, 0.3) is 0 Å². The van der Waals surface area contributed by atoms with E-state index in [9.17, 15) is 5.11 Å². The fourth-order valence-corrected chi connectivity index (χ4v) is 2.20. The molecule has 1 aromatic carbocycles. The second-order valence-electron chi connectivity index (χ2n) is 3.85. The minimum Gasteiger partial charge on any atom is -0.381 e. The van der Waals surface area contributed by atoms with Gasteiger partial charge in [0.05, 0.1) is 0 Å². The van der Waals surface area contributed by atoms with Crippen molar-refractivity contribution in [3.63, 3.8) is 0 Å². The van der Waals surface area contributed by atoms with Crippen molar-refractivity contribution in [1.29, 1.82) is 0 Å². The van der Waals surface area contributed by atoms with Gasteiger partial charge in [-0.25, -0.2) is 0 Å². The summed E-state index contributed by atoms with van der Waals surface area (Å²) in [5.41, 5.74) is 1.09. The minimum absolute atomic E-state index is 0.890. The van der Waals surface area contributed by atoms with E-state index in [0.29, 0.717) is 0 Å². The van der Waals surface area contributed by atoms with Gasteiger partial charge in [0.25, 0.3) is 0 Å². The van der Waals surface area contributed by atoms with Gasteiger partial charge in [-0.1, -0.05) is 45.8 Å². The molecule has 0 aromatic heterocycles. The fourth-order valence-electron chi connectivity index (χ4n) is 1.51. The zero-order valence-electron chi connectivity index (χ0n) is 8.71. The molecule has 1 rings (SSSR count). The molecule has 1 nitrogen and oxygen atoms in total. The molecule has 0 fully saturated rings. The Balaban J connectivity index is 3.16. The van der Waals surface area contributed by atoms with Gasteiger partial charge in [-0.05, 0) is 26.8 Å². The second kappa shape index (κ2) is 4.28. The summed E-state index contributed by atoms with van der Waals surface area (Å²) in [6.07, 6.45) is 1.85. The summed E-state index contributed by atoms with van der Waals surface area (Å²) in [5, 5.41) is 10.2. The van der Waals surface area contributed by atoms with E-state index >= 15 is 0 Å². The summed E-state index contributed by atoms with van der Waals surface area (Å²) in [6.45, 7) is 5.75. The molecule has 0 aliphatic heterocycles. The molecule has 1 unspecified atom stereocenters. The largest absolute Gasteiger partial charge is 0.381 e. The molecule has 14 heavy (non-hydrogen) atoms. The number of hydrogen-bond acceptors (Lipinski definition) is 1. The van der Waals surface area contributed by atoms with E-state index < -0.39 is 5.60 Å². The molecule has 0 radical (unpaired) electrons. The van der Waals surface area contributed by atoms with Crippen LogP contribution < -0.4 is 0 Å². The molecular weight excluding hydrogens is 240 g/mol. The lowest BCUT2D eigenvalue weighted by molar-refractivity contribution is 0.109. The van der Waals surface area contributed by atoms with Crippen LogP contribution in [-0.2, 0) is 5.60 Å². The maximum Gasteiger partial charge on any atom is 0.106 e. The van der Waals surface area contributed by atoms with Gasteiger partial charge in [0.2, 0.25) is 0 Å². The SMILES string of the molecule is CC(C)=CC(C)(O)c1ccccc1Br. The van der Waals surface area contributed by atoms with Gasteiger partial charge in [0, 0.05) is 10.0 Å². The van der Waals surface area contributed by atoms with Crippen LogP contribution in [0.1, 0.15) is 26.3 Å². The summed E-state index contributed by atoms with van der Waals surface area (Å²) in [6, 6.07) is 7.71. The molecule has 0 aliphatic carbocycles. The predicted octanol–water partition coefficient (Wildman–Crippen LogP) is 3.62. The topological polar surface area (TPSA) is 20.2 Å². The van der Waals surface area contributed by atoms with Gasteiger partial charge in [-0.15, -0.1) is 0 Å². The van der Waals surface area contributed by atoms with Gasteiger partial charge in [-0.3, -0.25) is 0 Å². The molecule has 0 amide bonds. The lowest BCUT2D eigenvalue weighted by atomic mass is 9.94. The molecule has 0 bridgehead atoms. The first-order valence-corrected chi connectivity index (χ1v) is 5.36. The van der Waals surface area contributed by atoms with Crippen LogP contribution in [0.2, 0.25) is 0 Å². The smallest absolute Gasteiger partial charge is 0.106 e. The van der Waals surface area contributed by atoms with Gasteiger partial charge >= 0.3 is 0 Å². The lowest BCUT2D eigenvalue weighted by Gasteiger charge is -2.21. The van der Waals surface area contributed by atoms with Crippen molar-refractivity contribution in [2.24, 2.45) is 0 Å². The van der Waals surface area contributed by atoms with Crippen LogP contribution >= 0.6 is 15.9 Å². The first kappa shape index (κ1) is 11.5. The third-order valence-electron chi connectivity index (χ3n) is 1.99. The summed E-state index contributed by atoms with van der Waals surface area (Å²) < 4.78 is 0.933. The Bertz CT molecular complexity index is 349. The highest BCUT2D eigenvalue weighted by Crippen LogP contribution is 2.29. The Morgan fingerprint density at radius 3 is 2.43 bits per heavy atom. The highest BCUT2D eigenvalue weighted by atomic mass is 79.9. The van der Waals surface area contributed by atoms with Crippen LogP contribution in [0.15, 0.2) is 40.4 Å². The molecule has 0 spiro atoms. The van der Waals surface area contributed by atoms with Crippen molar-refractivity contribution in [2.75, 3.05) is 0 Å². The molecule has 1 N–H and O–H groups in total. The first-order chi connectivity index (χ1) is 6.43. The second-order valence-corrected chi connectivity index (χ2v) is 4.70. The van der Waals surface area contributed by atoms with Gasteiger partial charge in [0.15, 0.2) is 0 Å². The van der Waals surface area contributed by atoms with Crippen LogP contribution in [-0.4, -0.2) is 5.11 Å². The van der Waals surface area contributed by atoms with Crippen LogP contribution in [0.5, 0.6) is 0 Å². The zero-order valence-corrected chi connectivity index (χ0v) is 10.3. The highest BCUT2D eigenvalue weighted by molar-refractivity contribution is 9.10. The number of hydrogen-bond donors (Lipinski definition) is 1. The van der Waals surface area contributed by atoms with Gasteiger partial charge in [0.1, 0.15) is 5.60 Å². The molecule has 0 saturated carbocycles. The number of allylic oxidation sites excluding steroid dienone is 1. The summed E-state index contributed by atoms with van der Waals surface area (Å²) in [7, 11) is 0. The van der Waals surface area contributed by atoms with Crippen LogP contribution in [0.4, 0.5) is 0 Å². The van der Waals surface area contributed by atoms with E-state index in [1.807, 2.05) is 44.2 Å². The minimum atomic E-state index is -0.904. The maximum absolute atomic E-state index is 10.2. The molecule has 76 valence electrons. The molecule has 0 aliphatic rings. The monoisotopic (exact) mass is 254 g/mol. The summed E-state index contributed by atoms with van der Waals surface area (Å²) in [4.78, 5) is 0. The Morgan fingerprint density at radius 1 is 1.36 bits per heavy atom. The average molecular weight is 255 g/mol. The van der Waals surface area contributed by atoms with Crippen LogP contribution in [0, 0.1) is 0 Å². The Labute approximate surface area is 93.6 Å². The number of benzene rings is 1. The van der Waals surface area contributed by atoms with E-state index in [-0.39, 0.29) is 0 Å². The lowest BCUT2D eigenvalue weighted by Crippen LogP contribution is -2.18. The predicted molar refractivity (Wildman–Crippen MR) is 63.1 cm³/mol. The van der Waals surface area contributed by atoms with Crippen molar-refractivity contribution in [2.45, 2.75) is 26.4 Å². The maximum atomic E-state index is 10.2. The molecule has 1 aromatic rings. The van der Waals surface area contributed by atoms with Gasteiger partial charge in [-0.2, -0.15) is 0 Å². The molecule has 0 saturated heterocycles. The van der Waals surface area contributed by atoms with E-state index in [1.54, 1.807) is 6.92 Å². The number of rotatable bonds is 2. The summed E-state index contributed by atoms with van der Waals surface area (Å²) in [5.74, 6) is 0. The molecule has 0 heterocycles. The van der Waals surface area contributed by atoms with Crippen molar-refractivity contribution >= 4 is 15.9 Å². The summed E-state index contributed by atoms with van der Waals surface area (Å²) >= 11 is 3.43. The van der Waals surface area contributed by atoms with Gasteiger partial charge < -0.3 is 5.11 Å². The van der Waals surface area contributed by atoms with Crippen molar-refractivity contribution in [1.82, 2.24) is 0 Å². The van der Waals surface area contributed by atoms with E-state index in [4.69, 9.17) is 0 Å². The Morgan fingerprint density at radius 2 is 1.93 bits per heavy atom. The van der Waals surface area contributed by atoms with E-state index in [1.165, 1.54) is 0 Å². The van der Waals surface area contributed by atoms with Crippen molar-refractivity contribution in [3.05, 3.63) is 46.0 Å². The van der Waals surface area contributed by atoms with Crippen LogP contribution in [0.3, 0.4) is 0 Å². The first-order valence-electron chi connectivity index (χ1n) is 4.57. The highest BCUT2D eigenvalue weighted by Gasteiger charge is 2.21. The molecule has 1 atom stereocenters. The number of halogens is 1.